The topological polar surface area (TPSA) is 55.4 Å². The SMILES string of the molecule is CC(C)NS(=O)(=O)[C@H]1CCOC[C@@H]1Cc1ccccc1F. The van der Waals surface area contributed by atoms with E-state index in [4.69, 9.17) is 4.74 Å². The van der Waals surface area contributed by atoms with Crippen LogP contribution in [0.5, 0.6) is 0 Å². The van der Waals surface area contributed by atoms with Gasteiger partial charge in [-0.3, -0.25) is 0 Å². The Balaban J connectivity index is 2.18. The van der Waals surface area contributed by atoms with Crippen molar-refractivity contribution in [3.8, 4) is 0 Å². The lowest BCUT2D eigenvalue weighted by Gasteiger charge is -2.32. The molecule has 0 bridgehead atoms. The first-order valence-electron chi connectivity index (χ1n) is 7.22. The molecule has 1 N–H and O–H groups in total. The third kappa shape index (κ3) is 4.25. The van der Waals surface area contributed by atoms with E-state index in [1.54, 1.807) is 32.0 Å². The van der Waals surface area contributed by atoms with Crippen LogP contribution in [0.15, 0.2) is 24.3 Å². The van der Waals surface area contributed by atoms with E-state index in [1.807, 2.05) is 0 Å². The molecule has 1 heterocycles. The number of halogens is 1. The zero-order chi connectivity index (χ0) is 15.5. The second-order valence-corrected chi connectivity index (χ2v) is 7.71. The lowest BCUT2D eigenvalue weighted by atomic mass is 9.93. The van der Waals surface area contributed by atoms with Crippen LogP contribution < -0.4 is 4.72 Å². The van der Waals surface area contributed by atoms with Crippen LogP contribution in [0.25, 0.3) is 0 Å². The van der Waals surface area contributed by atoms with E-state index < -0.39 is 15.3 Å². The zero-order valence-electron chi connectivity index (χ0n) is 12.4. The molecule has 1 aliphatic rings. The molecule has 6 heteroatoms. The van der Waals surface area contributed by atoms with Gasteiger partial charge in [0.25, 0.3) is 0 Å². The molecule has 0 spiro atoms. The highest BCUT2D eigenvalue weighted by Gasteiger charge is 2.36. The monoisotopic (exact) mass is 315 g/mol. The first-order valence-corrected chi connectivity index (χ1v) is 8.77. The summed E-state index contributed by atoms with van der Waals surface area (Å²) in [6, 6.07) is 6.34. The van der Waals surface area contributed by atoms with Gasteiger partial charge in [0.05, 0.1) is 11.9 Å². The Bertz CT molecular complexity index is 574. The van der Waals surface area contributed by atoms with Gasteiger partial charge in [0.1, 0.15) is 5.82 Å². The van der Waals surface area contributed by atoms with Crippen molar-refractivity contribution >= 4 is 10.0 Å². The van der Waals surface area contributed by atoms with Gasteiger partial charge in [-0.1, -0.05) is 18.2 Å². The molecule has 1 aromatic carbocycles. The molecule has 0 aromatic heterocycles. The molecule has 0 amide bonds. The number of ether oxygens (including phenoxy) is 1. The molecule has 1 saturated heterocycles. The molecule has 1 aromatic rings. The van der Waals surface area contributed by atoms with E-state index >= 15 is 0 Å². The van der Waals surface area contributed by atoms with E-state index in [0.29, 0.717) is 31.6 Å². The zero-order valence-corrected chi connectivity index (χ0v) is 13.2. The lowest BCUT2D eigenvalue weighted by molar-refractivity contribution is 0.0567. The Hall–Kier alpha value is -0.980. The van der Waals surface area contributed by atoms with Gasteiger partial charge >= 0.3 is 0 Å². The largest absolute Gasteiger partial charge is 0.381 e. The Morgan fingerprint density at radius 2 is 2.10 bits per heavy atom. The van der Waals surface area contributed by atoms with Crippen LogP contribution in [-0.4, -0.2) is 32.9 Å². The molecule has 1 fully saturated rings. The average Bonchev–Trinajstić information content (AvgIpc) is 2.40. The fourth-order valence-electron chi connectivity index (χ4n) is 2.74. The second kappa shape index (κ2) is 6.85. The number of hydrogen-bond acceptors (Lipinski definition) is 3. The molecular formula is C15H22FNO3S. The first kappa shape index (κ1) is 16.4. The van der Waals surface area contributed by atoms with Crippen molar-refractivity contribution in [2.45, 2.75) is 38.0 Å². The predicted octanol–water partition coefficient (Wildman–Crippen LogP) is 2.10. The van der Waals surface area contributed by atoms with Crippen LogP contribution in [-0.2, 0) is 21.2 Å². The summed E-state index contributed by atoms with van der Waals surface area (Å²) >= 11 is 0. The number of sulfonamides is 1. The maximum absolute atomic E-state index is 13.8. The van der Waals surface area contributed by atoms with Crippen LogP contribution in [0.1, 0.15) is 25.8 Å². The van der Waals surface area contributed by atoms with Gasteiger partial charge in [0.2, 0.25) is 10.0 Å². The van der Waals surface area contributed by atoms with Crippen molar-refractivity contribution < 1.29 is 17.5 Å². The van der Waals surface area contributed by atoms with E-state index in [2.05, 4.69) is 4.72 Å². The molecule has 118 valence electrons. The Labute approximate surface area is 125 Å². The number of benzene rings is 1. The lowest BCUT2D eigenvalue weighted by Crippen LogP contribution is -2.46. The summed E-state index contributed by atoms with van der Waals surface area (Å²) in [6.45, 7) is 4.36. The Morgan fingerprint density at radius 1 is 1.38 bits per heavy atom. The predicted molar refractivity (Wildman–Crippen MR) is 80.0 cm³/mol. The molecular weight excluding hydrogens is 293 g/mol. The summed E-state index contributed by atoms with van der Waals surface area (Å²) in [5.41, 5.74) is 0.540. The number of hydrogen-bond donors (Lipinski definition) is 1. The highest BCUT2D eigenvalue weighted by Crippen LogP contribution is 2.26. The summed E-state index contributed by atoms with van der Waals surface area (Å²) in [5, 5.41) is -0.534. The fraction of sp³-hybridized carbons (Fsp3) is 0.600. The van der Waals surface area contributed by atoms with Crippen molar-refractivity contribution in [3.05, 3.63) is 35.6 Å². The summed E-state index contributed by atoms with van der Waals surface area (Å²) in [7, 11) is -3.42. The van der Waals surface area contributed by atoms with Gasteiger partial charge in [-0.2, -0.15) is 0 Å². The van der Waals surface area contributed by atoms with Crippen LogP contribution >= 0.6 is 0 Å². The summed E-state index contributed by atoms with van der Waals surface area (Å²) < 4.78 is 46.7. The van der Waals surface area contributed by atoms with Gasteiger partial charge in [-0.25, -0.2) is 17.5 Å². The van der Waals surface area contributed by atoms with Crippen molar-refractivity contribution in [1.82, 2.24) is 4.72 Å². The molecule has 0 unspecified atom stereocenters. The van der Waals surface area contributed by atoms with E-state index in [9.17, 15) is 12.8 Å². The highest BCUT2D eigenvalue weighted by atomic mass is 32.2. The molecule has 4 nitrogen and oxygen atoms in total. The molecule has 21 heavy (non-hydrogen) atoms. The van der Waals surface area contributed by atoms with Crippen LogP contribution in [0.4, 0.5) is 4.39 Å². The number of nitrogens with one attached hydrogen (secondary N) is 1. The normalized spacial score (nSPS) is 23.4. The van der Waals surface area contributed by atoms with E-state index in [0.717, 1.165) is 0 Å². The Morgan fingerprint density at radius 3 is 2.76 bits per heavy atom. The fourth-order valence-corrected chi connectivity index (χ4v) is 4.66. The Kier molecular flexibility index (Phi) is 5.35. The summed E-state index contributed by atoms with van der Waals surface area (Å²) in [4.78, 5) is 0. The number of rotatable bonds is 5. The first-order chi connectivity index (χ1) is 9.90. The second-order valence-electron chi connectivity index (χ2n) is 5.78. The minimum Gasteiger partial charge on any atom is -0.381 e. The third-order valence-electron chi connectivity index (χ3n) is 3.64. The minimum absolute atomic E-state index is 0.146. The van der Waals surface area contributed by atoms with Gasteiger partial charge in [0, 0.05) is 18.6 Å². The van der Waals surface area contributed by atoms with Crippen molar-refractivity contribution in [2.75, 3.05) is 13.2 Å². The van der Waals surface area contributed by atoms with Gasteiger partial charge in [-0.05, 0) is 38.3 Å². The standard InChI is InChI=1S/C15H22FNO3S/c1-11(2)17-21(18,19)15-7-8-20-10-13(15)9-12-5-3-4-6-14(12)16/h3-6,11,13,15,17H,7-10H2,1-2H3/t13-,15-/m0/s1. The van der Waals surface area contributed by atoms with Crippen LogP contribution in [0, 0.1) is 11.7 Å². The maximum atomic E-state index is 13.8. The van der Waals surface area contributed by atoms with Gasteiger partial charge < -0.3 is 4.74 Å². The molecule has 2 rings (SSSR count). The average molecular weight is 315 g/mol. The van der Waals surface area contributed by atoms with E-state index in [1.165, 1.54) is 6.07 Å². The van der Waals surface area contributed by atoms with Crippen molar-refractivity contribution in [3.63, 3.8) is 0 Å². The quantitative estimate of drug-likeness (QED) is 0.905. The molecule has 0 saturated carbocycles. The van der Waals surface area contributed by atoms with Gasteiger partial charge in [0.15, 0.2) is 0 Å². The van der Waals surface area contributed by atoms with E-state index in [-0.39, 0.29) is 17.8 Å². The van der Waals surface area contributed by atoms with Crippen LogP contribution in [0.2, 0.25) is 0 Å². The molecule has 0 radical (unpaired) electrons. The minimum atomic E-state index is -3.42. The van der Waals surface area contributed by atoms with Crippen molar-refractivity contribution in [1.29, 1.82) is 0 Å². The summed E-state index contributed by atoms with van der Waals surface area (Å²) in [6.07, 6.45) is 0.817. The molecule has 0 aliphatic carbocycles. The smallest absolute Gasteiger partial charge is 0.215 e. The van der Waals surface area contributed by atoms with Gasteiger partial charge in [-0.15, -0.1) is 0 Å². The van der Waals surface area contributed by atoms with Crippen LogP contribution in [0.3, 0.4) is 0 Å². The third-order valence-corrected chi connectivity index (χ3v) is 5.86. The highest BCUT2D eigenvalue weighted by molar-refractivity contribution is 7.90. The molecule has 1 aliphatic heterocycles. The van der Waals surface area contributed by atoms with Crippen molar-refractivity contribution in [2.24, 2.45) is 5.92 Å². The molecule has 2 atom stereocenters. The summed E-state index contributed by atoms with van der Waals surface area (Å²) in [5.74, 6) is -0.525. The maximum Gasteiger partial charge on any atom is 0.215 e.